The average molecular weight is 389 g/mol. The Morgan fingerprint density at radius 1 is 1.14 bits per heavy atom. The number of non-ortho nitro benzene ring substituents is 1. The monoisotopic (exact) mass is 389 g/mol. The van der Waals surface area contributed by atoms with Crippen LogP contribution in [0.2, 0.25) is 0 Å². The van der Waals surface area contributed by atoms with Crippen molar-refractivity contribution in [1.29, 1.82) is 5.26 Å². The maximum atomic E-state index is 12.3. The summed E-state index contributed by atoms with van der Waals surface area (Å²) in [6.45, 7) is 0. The molecule has 0 spiro atoms. The largest absolute Gasteiger partial charge is 0.497 e. The molecule has 0 aliphatic rings. The minimum absolute atomic E-state index is 0.0256. The van der Waals surface area contributed by atoms with Crippen molar-refractivity contribution < 1.29 is 18.9 Å². The molecule has 0 unspecified atom stereocenters. The van der Waals surface area contributed by atoms with Crippen LogP contribution in [0, 0.1) is 21.4 Å². The smallest absolute Gasteiger partial charge is 0.269 e. The minimum Gasteiger partial charge on any atom is -0.497 e. The Hall–Kier alpha value is -4.38. The predicted molar refractivity (Wildman–Crippen MR) is 106 cm³/mol. The maximum Gasteiger partial charge on any atom is 0.269 e. The molecule has 1 amide bonds. The van der Waals surface area contributed by atoms with E-state index in [0.29, 0.717) is 28.5 Å². The van der Waals surface area contributed by atoms with Gasteiger partial charge in [0.15, 0.2) is 0 Å². The number of hydrogen-bond acceptors (Lipinski definition) is 6. The summed E-state index contributed by atoms with van der Waals surface area (Å²) in [7, 11) is 1.54. The molecular formula is C21H15N3O5. The highest BCUT2D eigenvalue weighted by molar-refractivity contribution is 6.09. The summed E-state index contributed by atoms with van der Waals surface area (Å²) in [6.07, 6.45) is 1.33. The summed E-state index contributed by atoms with van der Waals surface area (Å²) in [5.74, 6) is 0.832. The molecule has 1 aromatic heterocycles. The van der Waals surface area contributed by atoms with Crippen molar-refractivity contribution in [3.8, 4) is 23.1 Å². The lowest BCUT2D eigenvalue weighted by atomic mass is 10.1. The molecular weight excluding hydrogens is 374 g/mol. The van der Waals surface area contributed by atoms with E-state index in [1.165, 1.54) is 18.2 Å². The van der Waals surface area contributed by atoms with Gasteiger partial charge in [-0.2, -0.15) is 5.26 Å². The molecule has 0 saturated heterocycles. The number of nitrogens with one attached hydrogen (secondary N) is 1. The predicted octanol–water partition coefficient (Wildman–Crippen LogP) is 4.41. The van der Waals surface area contributed by atoms with E-state index in [2.05, 4.69) is 5.32 Å². The lowest BCUT2D eigenvalue weighted by Gasteiger charge is -2.05. The number of rotatable bonds is 6. The molecule has 29 heavy (non-hydrogen) atoms. The Morgan fingerprint density at radius 2 is 1.83 bits per heavy atom. The van der Waals surface area contributed by atoms with E-state index in [4.69, 9.17) is 9.15 Å². The van der Waals surface area contributed by atoms with Gasteiger partial charge in [-0.1, -0.05) is 0 Å². The molecule has 1 N–H and O–H groups in total. The van der Waals surface area contributed by atoms with Gasteiger partial charge in [0.25, 0.3) is 11.6 Å². The number of amides is 1. The molecule has 0 atom stereocenters. The lowest BCUT2D eigenvalue weighted by molar-refractivity contribution is -0.384. The zero-order chi connectivity index (χ0) is 20.8. The standard InChI is InChI=1S/C21H15N3O5/c1-28-18-8-4-16(5-9-18)23-21(25)15(13-22)12-19-10-11-20(29-19)14-2-6-17(7-3-14)24(26)27/h2-12H,1H3,(H,23,25)/b15-12-. The number of furan rings is 1. The van der Waals surface area contributed by atoms with Gasteiger partial charge < -0.3 is 14.5 Å². The molecule has 8 nitrogen and oxygen atoms in total. The number of nitro benzene ring substituents is 1. The fraction of sp³-hybridized carbons (Fsp3) is 0.0476. The van der Waals surface area contributed by atoms with Crippen LogP contribution in [-0.4, -0.2) is 17.9 Å². The van der Waals surface area contributed by atoms with Gasteiger partial charge in [-0.05, 0) is 48.5 Å². The summed E-state index contributed by atoms with van der Waals surface area (Å²) in [6, 6.07) is 17.7. The van der Waals surface area contributed by atoms with E-state index in [9.17, 15) is 20.2 Å². The van der Waals surface area contributed by atoms with Crippen molar-refractivity contribution in [2.24, 2.45) is 0 Å². The molecule has 2 aromatic carbocycles. The van der Waals surface area contributed by atoms with Crippen molar-refractivity contribution in [2.45, 2.75) is 0 Å². The molecule has 0 saturated carbocycles. The summed E-state index contributed by atoms with van der Waals surface area (Å²) in [5, 5.41) is 22.7. The van der Waals surface area contributed by atoms with E-state index >= 15 is 0 Å². The quantitative estimate of drug-likeness (QED) is 0.289. The first-order valence-corrected chi connectivity index (χ1v) is 8.42. The fourth-order valence-electron chi connectivity index (χ4n) is 2.50. The van der Waals surface area contributed by atoms with Crippen molar-refractivity contribution in [1.82, 2.24) is 0 Å². The lowest BCUT2D eigenvalue weighted by Crippen LogP contribution is -2.13. The number of nitriles is 1. The SMILES string of the molecule is COc1ccc(NC(=O)/C(C#N)=C\c2ccc(-c3ccc([N+](=O)[O-])cc3)o2)cc1. The van der Waals surface area contributed by atoms with Crippen molar-refractivity contribution in [3.05, 3.63) is 82.1 Å². The zero-order valence-electron chi connectivity index (χ0n) is 15.3. The minimum atomic E-state index is -0.578. The van der Waals surface area contributed by atoms with Gasteiger partial charge in [-0.15, -0.1) is 0 Å². The Morgan fingerprint density at radius 3 is 2.41 bits per heavy atom. The van der Waals surface area contributed by atoms with Gasteiger partial charge in [0.2, 0.25) is 0 Å². The van der Waals surface area contributed by atoms with Crippen LogP contribution in [0.4, 0.5) is 11.4 Å². The second-order valence-corrected chi connectivity index (χ2v) is 5.86. The van der Waals surface area contributed by atoms with Crippen molar-refractivity contribution in [3.63, 3.8) is 0 Å². The molecule has 0 radical (unpaired) electrons. The zero-order valence-corrected chi connectivity index (χ0v) is 15.3. The third kappa shape index (κ3) is 4.67. The Labute approximate surface area is 165 Å². The first kappa shape index (κ1) is 19.4. The summed E-state index contributed by atoms with van der Waals surface area (Å²) < 4.78 is 10.7. The van der Waals surface area contributed by atoms with Crippen LogP contribution in [0.15, 0.2) is 70.7 Å². The number of nitrogens with zero attached hydrogens (tertiary/aromatic N) is 2. The second-order valence-electron chi connectivity index (χ2n) is 5.86. The number of benzene rings is 2. The Balaban J connectivity index is 1.76. The van der Waals surface area contributed by atoms with Crippen LogP contribution in [0.1, 0.15) is 5.76 Å². The van der Waals surface area contributed by atoms with Gasteiger partial charge in [-0.3, -0.25) is 14.9 Å². The number of nitro groups is 1. The van der Waals surface area contributed by atoms with Crippen LogP contribution in [0.25, 0.3) is 17.4 Å². The molecule has 0 fully saturated rings. The first-order valence-electron chi connectivity index (χ1n) is 8.42. The molecule has 0 bridgehead atoms. The van der Waals surface area contributed by atoms with Crippen molar-refractivity contribution >= 4 is 23.4 Å². The van der Waals surface area contributed by atoms with Crippen LogP contribution in [0.5, 0.6) is 5.75 Å². The number of methoxy groups -OCH3 is 1. The fourth-order valence-corrected chi connectivity index (χ4v) is 2.50. The van der Waals surface area contributed by atoms with E-state index < -0.39 is 10.8 Å². The molecule has 1 heterocycles. The number of hydrogen-bond donors (Lipinski definition) is 1. The van der Waals surface area contributed by atoms with Crippen LogP contribution >= 0.6 is 0 Å². The van der Waals surface area contributed by atoms with E-state index in [1.54, 1.807) is 55.6 Å². The molecule has 8 heteroatoms. The summed E-state index contributed by atoms with van der Waals surface area (Å²) >= 11 is 0. The second kappa shape index (κ2) is 8.54. The van der Waals surface area contributed by atoms with Gasteiger partial charge >= 0.3 is 0 Å². The van der Waals surface area contributed by atoms with Crippen molar-refractivity contribution in [2.75, 3.05) is 12.4 Å². The van der Waals surface area contributed by atoms with Crippen LogP contribution in [-0.2, 0) is 4.79 Å². The Bertz CT molecular complexity index is 1110. The van der Waals surface area contributed by atoms with Gasteiger partial charge in [0.05, 0.1) is 12.0 Å². The van der Waals surface area contributed by atoms with E-state index in [1.807, 2.05) is 6.07 Å². The highest BCUT2D eigenvalue weighted by Gasteiger charge is 2.12. The first-order chi connectivity index (χ1) is 14.0. The summed E-state index contributed by atoms with van der Waals surface area (Å²) in [5.41, 5.74) is 0.993. The molecule has 3 rings (SSSR count). The third-order valence-electron chi connectivity index (χ3n) is 3.99. The van der Waals surface area contributed by atoms with Crippen LogP contribution < -0.4 is 10.1 Å². The van der Waals surface area contributed by atoms with Gasteiger partial charge in [0, 0.05) is 29.5 Å². The van der Waals surface area contributed by atoms with Gasteiger partial charge in [0.1, 0.15) is 28.9 Å². The topological polar surface area (TPSA) is 118 Å². The van der Waals surface area contributed by atoms with Crippen LogP contribution in [0.3, 0.4) is 0 Å². The maximum absolute atomic E-state index is 12.3. The average Bonchev–Trinajstić information content (AvgIpc) is 3.21. The number of carbonyl (C=O) groups excluding carboxylic acids is 1. The number of anilines is 1. The molecule has 3 aromatic rings. The Kier molecular flexibility index (Phi) is 5.71. The molecule has 144 valence electrons. The third-order valence-corrected chi connectivity index (χ3v) is 3.99. The normalized spacial score (nSPS) is 10.8. The van der Waals surface area contributed by atoms with E-state index in [0.717, 1.165) is 0 Å². The molecule has 0 aliphatic heterocycles. The highest BCUT2D eigenvalue weighted by Crippen LogP contribution is 2.25. The molecule has 0 aliphatic carbocycles. The van der Waals surface area contributed by atoms with E-state index in [-0.39, 0.29) is 11.3 Å². The highest BCUT2D eigenvalue weighted by atomic mass is 16.6. The number of ether oxygens (including phenoxy) is 1. The van der Waals surface area contributed by atoms with Gasteiger partial charge in [-0.25, -0.2) is 0 Å². The number of carbonyl (C=O) groups is 1. The summed E-state index contributed by atoms with van der Waals surface area (Å²) in [4.78, 5) is 22.6.